The number of aromatic amines is 1. The molecule has 0 aliphatic carbocycles. The minimum Gasteiger partial charge on any atom is -0.394 e. The molecule has 0 saturated heterocycles. The van der Waals surface area contributed by atoms with Crippen LogP contribution < -0.4 is 5.32 Å². The lowest BCUT2D eigenvalue weighted by Crippen LogP contribution is -2.45. The van der Waals surface area contributed by atoms with E-state index < -0.39 is 0 Å². The first-order valence-electron chi connectivity index (χ1n) is 7.10. The molecule has 1 heterocycles. The van der Waals surface area contributed by atoms with Gasteiger partial charge in [-0.3, -0.25) is 0 Å². The quantitative estimate of drug-likeness (QED) is 0.517. The second-order valence-electron chi connectivity index (χ2n) is 5.26. The Morgan fingerprint density at radius 2 is 2.20 bits per heavy atom. The molecule has 1 unspecified atom stereocenters. The van der Waals surface area contributed by atoms with Gasteiger partial charge in [0.05, 0.1) is 17.6 Å². The minimum absolute atomic E-state index is 0.164. The second kappa shape index (κ2) is 7.11. The molecule has 1 aromatic heterocycles. The van der Waals surface area contributed by atoms with Gasteiger partial charge in [0.1, 0.15) is 0 Å². The summed E-state index contributed by atoms with van der Waals surface area (Å²) in [5, 5.41) is 13.8. The summed E-state index contributed by atoms with van der Waals surface area (Å²) in [7, 11) is 0. The maximum Gasteiger partial charge on any atom is 0.166 e. The van der Waals surface area contributed by atoms with Gasteiger partial charge in [0.25, 0.3) is 0 Å². The average molecular weight is 293 g/mol. The Bertz CT molecular complexity index is 510. The van der Waals surface area contributed by atoms with Crippen LogP contribution in [0.25, 0.3) is 11.0 Å². The van der Waals surface area contributed by atoms with Crippen LogP contribution in [0.3, 0.4) is 0 Å². The largest absolute Gasteiger partial charge is 0.394 e. The van der Waals surface area contributed by atoms with Crippen LogP contribution in [0.4, 0.5) is 0 Å². The third-order valence-corrected chi connectivity index (χ3v) is 4.39. The molecule has 3 N–H and O–H groups in total. The van der Waals surface area contributed by atoms with Crippen molar-refractivity contribution >= 4 is 22.8 Å². The van der Waals surface area contributed by atoms with E-state index in [-0.39, 0.29) is 12.1 Å². The van der Waals surface area contributed by atoms with Crippen LogP contribution in [0.2, 0.25) is 0 Å². The van der Waals surface area contributed by atoms with E-state index in [2.05, 4.69) is 29.1 Å². The molecule has 0 aliphatic heterocycles. The highest BCUT2D eigenvalue weighted by molar-refractivity contribution is 7.99. The van der Waals surface area contributed by atoms with Crippen LogP contribution in [0.1, 0.15) is 26.7 Å². The van der Waals surface area contributed by atoms with Crippen molar-refractivity contribution in [2.45, 2.75) is 37.4 Å². The number of fused-ring (bicyclic) bond motifs is 1. The number of thioether (sulfide) groups is 1. The molecule has 0 radical (unpaired) electrons. The number of hydrogen-bond donors (Lipinski definition) is 3. The third-order valence-electron chi connectivity index (χ3n) is 3.43. The fourth-order valence-electron chi connectivity index (χ4n) is 2.28. The first-order valence-corrected chi connectivity index (χ1v) is 8.09. The van der Waals surface area contributed by atoms with Crippen LogP contribution >= 0.6 is 11.8 Å². The fourth-order valence-corrected chi connectivity index (χ4v) is 3.11. The number of imidazole rings is 1. The van der Waals surface area contributed by atoms with Crippen molar-refractivity contribution in [3.05, 3.63) is 24.3 Å². The molecule has 110 valence electrons. The van der Waals surface area contributed by atoms with Crippen molar-refractivity contribution in [2.24, 2.45) is 0 Å². The molecule has 0 amide bonds. The van der Waals surface area contributed by atoms with Crippen LogP contribution in [0, 0.1) is 0 Å². The molecule has 0 saturated carbocycles. The van der Waals surface area contributed by atoms with Gasteiger partial charge in [-0.1, -0.05) is 30.8 Å². The summed E-state index contributed by atoms with van der Waals surface area (Å²) in [6, 6.07) is 8.07. The zero-order valence-electron chi connectivity index (χ0n) is 12.1. The fraction of sp³-hybridized carbons (Fsp3) is 0.533. The number of aromatic nitrogens is 2. The molecule has 1 atom stereocenters. The van der Waals surface area contributed by atoms with Crippen molar-refractivity contribution in [3.63, 3.8) is 0 Å². The molecule has 5 heteroatoms. The average Bonchev–Trinajstić information content (AvgIpc) is 2.87. The number of rotatable bonds is 8. The predicted molar refractivity (Wildman–Crippen MR) is 85.2 cm³/mol. The number of para-hydroxylation sites is 2. The Kier molecular flexibility index (Phi) is 5.46. The maximum atomic E-state index is 9.44. The summed E-state index contributed by atoms with van der Waals surface area (Å²) in [5.41, 5.74) is 1.94. The lowest BCUT2D eigenvalue weighted by Gasteiger charge is -2.28. The lowest BCUT2D eigenvalue weighted by atomic mass is 9.97. The monoisotopic (exact) mass is 293 g/mol. The second-order valence-corrected chi connectivity index (χ2v) is 6.34. The Morgan fingerprint density at radius 3 is 2.90 bits per heavy atom. The van der Waals surface area contributed by atoms with Crippen molar-refractivity contribution < 1.29 is 5.11 Å². The van der Waals surface area contributed by atoms with E-state index in [1.54, 1.807) is 11.8 Å². The van der Waals surface area contributed by atoms with Crippen molar-refractivity contribution in [2.75, 3.05) is 18.9 Å². The van der Waals surface area contributed by atoms with Crippen molar-refractivity contribution in [1.29, 1.82) is 0 Å². The molecule has 2 rings (SSSR count). The van der Waals surface area contributed by atoms with E-state index in [1.165, 1.54) is 0 Å². The number of nitrogens with zero attached hydrogens (tertiary/aromatic N) is 1. The van der Waals surface area contributed by atoms with Crippen molar-refractivity contribution in [3.8, 4) is 0 Å². The molecule has 20 heavy (non-hydrogen) atoms. The molecule has 4 nitrogen and oxygen atoms in total. The van der Waals surface area contributed by atoms with Crippen LogP contribution in [-0.4, -0.2) is 39.5 Å². The lowest BCUT2D eigenvalue weighted by molar-refractivity contribution is 0.167. The zero-order valence-corrected chi connectivity index (χ0v) is 13.0. The van der Waals surface area contributed by atoms with Gasteiger partial charge in [-0.25, -0.2) is 4.98 Å². The molecular formula is C15H23N3OS. The molecule has 0 aliphatic rings. The molecule has 0 bridgehead atoms. The smallest absolute Gasteiger partial charge is 0.166 e. The molecule has 1 aromatic carbocycles. The maximum absolute atomic E-state index is 9.44. The number of aliphatic hydroxyl groups excluding tert-OH is 1. The summed E-state index contributed by atoms with van der Waals surface area (Å²) in [4.78, 5) is 7.86. The van der Waals surface area contributed by atoms with Gasteiger partial charge in [0.15, 0.2) is 5.16 Å². The Labute approximate surface area is 124 Å². The first-order chi connectivity index (χ1) is 9.67. The van der Waals surface area contributed by atoms with Gasteiger partial charge in [-0.05, 0) is 38.4 Å². The summed E-state index contributed by atoms with van der Waals surface area (Å²) in [5.74, 6) is 1.00. The SMILES string of the molecule is CCNC(C)(CO)CCCSc1nc2ccccc2[nH]1. The van der Waals surface area contributed by atoms with Gasteiger partial charge in [-0.2, -0.15) is 0 Å². The van der Waals surface area contributed by atoms with E-state index in [0.29, 0.717) is 0 Å². The summed E-state index contributed by atoms with van der Waals surface area (Å²) in [6.07, 6.45) is 2.01. The first kappa shape index (κ1) is 15.4. The zero-order chi connectivity index (χ0) is 14.4. The van der Waals surface area contributed by atoms with E-state index >= 15 is 0 Å². The third kappa shape index (κ3) is 3.98. The summed E-state index contributed by atoms with van der Waals surface area (Å²) < 4.78 is 0. The Hall–Kier alpha value is -1.04. The van der Waals surface area contributed by atoms with E-state index in [4.69, 9.17) is 0 Å². The number of likely N-dealkylation sites (N-methyl/N-ethyl adjacent to an activating group) is 1. The number of benzene rings is 1. The van der Waals surface area contributed by atoms with Gasteiger partial charge >= 0.3 is 0 Å². The van der Waals surface area contributed by atoms with Gasteiger partial charge < -0.3 is 15.4 Å². The molecular weight excluding hydrogens is 270 g/mol. The number of hydrogen-bond acceptors (Lipinski definition) is 4. The molecule has 0 fully saturated rings. The minimum atomic E-state index is -0.164. The van der Waals surface area contributed by atoms with Crippen LogP contribution in [-0.2, 0) is 0 Å². The van der Waals surface area contributed by atoms with Gasteiger partial charge in [0.2, 0.25) is 0 Å². The van der Waals surface area contributed by atoms with E-state index in [0.717, 1.165) is 41.3 Å². The highest BCUT2D eigenvalue weighted by atomic mass is 32.2. The van der Waals surface area contributed by atoms with Gasteiger partial charge in [0, 0.05) is 11.3 Å². The van der Waals surface area contributed by atoms with Crippen LogP contribution in [0.15, 0.2) is 29.4 Å². The summed E-state index contributed by atoms with van der Waals surface area (Å²) in [6.45, 7) is 5.20. The highest BCUT2D eigenvalue weighted by Gasteiger charge is 2.20. The Balaban J connectivity index is 1.81. The number of H-pyrrole nitrogens is 1. The number of aliphatic hydroxyl groups is 1. The summed E-state index contributed by atoms with van der Waals surface area (Å²) >= 11 is 1.74. The van der Waals surface area contributed by atoms with Gasteiger partial charge in [-0.15, -0.1) is 0 Å². The van der Waals surface area contributed by atoms with E-state index in [1.807, 2.05) is 24.3 Å². The standard InChI is InChI=1S/C15H23N3OS/c1-3-16-15(2,11-19)9-6-10-20-14-17-12-7-4-5-8-13(12)18-14/h4-5,7-8,16,19H,3,6,9-11H2,1-2H3,(H,17,18). The van der Waals surface area contributed by atoms with Crippen molar-refractivity contribution in [1.82, 2.24) is 15.3 Å². The predicted octanol–water partition coefficient (Wildman–Crippen LogP) is 2.80. The number of nitrogens with one attached hydrogen (secondary N) is 2. The molecule has 2 aromatic rings. The van der Waals surface area contributed by atoms with Crippen LogP contribution in [0.5, 0.6) is 0 Å². The topological polar surface area (TPSA) is 60.9 Å². The Morgan fingerprint density at radius 1 is 1.40 bits per heavy atom. The molecule has 0 spiro atoms. The normalized spacial score (nSPS) is 14.6. The van der Waals surface area contributed by atoms with E-state index in [9.17, 15) is 5.11 Å². The highest BCUT2D eigenvalue weighted by Crippen LogP contribution is 2.21.